The molecule has 1 aliphatic rings. The van der Waals surface area contributed by atoms with Crippen LogP contribution >= 0.6 is 0 Å². The minimum atomic E-state index is -0.0185. The van der Waals surface area contributed by atoms with Gasteiger partial charge in [-0.15, -0.1) is 0 Å². The maximum Gasteiger partial charge on any atom is 0.196 e. The van der Waals surface area contributed by atoms with Crippen LogP contribution in [-0.2, 0) is 0 Å². The van der Waals surface area contributed by atoms with Crippen LogP contribution in [0.4, 0.5) is 0 Å². The Morgan fingerprint density at radius 2 is 1.71 bits per heavy atom. The number of ketones is 1. The van der Waals surface area contributed by atoms with E-state index in [9.17, 15) is 4.79 Å². The third-order valence-electron chi connectivity index (χ3n) is 5.26. The summed E-state index contributed by atoms with van der Waals surface area (Å²) >= 11 is 0. The highest BCUT2D eigenvalue weighted by Crippen LogP contribution is 2.31. The lowest BCUT2D eigenvalue weighted by atomic mass is 9.98. The fourth-order valence-electron chi connectivity index (χ4n) is 3.65. The molecule has 4 aromatic rings. The topological polar surface area (TPSA) is 53.4 Å². The summed E-state index contributed by atoms with van der Waals surface area (Å²) < 4.78 is 12.9. The molecule has 31 heavy (non-hydrogen) atoms. The van der Waals surface area contributed by atoms with Gasteiger partial charge in [-0.3, -0.25) is 4.79 Å². The van der Waals surface area contributed by atoms with Crippen LogP contribution in [0.2, 0.25) is 0 Å². The van der Waals surface area contributed by atoms with Crippen LogP contribution in [0.25, 0.3) is 23.0 Å². The first kappa shape index (κ1) is 18.9. The summed E-state index contributed by atoms with van der Waals surface area (Å²) in [5, 5.41) is 4.82. The summed E-state index contributed by atoms with van der Waals surface area (Å²) in [6.45, 7) is 0.231. The van der Waals surface area contributed by atoms with Crippen molar-refractivity contribution in [2.75, 3.05) is 13.7 Å². The molecule has 0 atom stereocenters. The predicted molar refractivity (Wildman–Crippen MR) is 120 cm³/mol. The van der Waals surface area contributed by atoms with E-state index in [1.165, 1.54) is 0 Å². The lowest BCUT2D eigenvalue weighted by Crippen LogP contribution is -2.18. The molecule has 3 aromatic carbocycles. The van der Waals surface area contributed by atoms with Gasteiger partial charge in [0.2, 0.25) is 0 Å². The normalized spacial score (nSPS) is 14.2. The number of aromatic nitrogens is 2. The molecule has 1 aromatic heterocycles. The molecule has 0 fully saturated rings. The van der Waals surface area contributed by atoms with Gasteiger partial charge in [0, 0.05) is 22.9 Å². The largest absolute Gasteiger partial charge is 0.497 e. The lowest BCUT2D eigenvalue weighted by molar-refractivity contribution is 0.100. The second kappa shape index (κ2) is 7.95. The predicted octanol–water partition coefficient (Wildman–Crippen LogP) is 5.21. The highest BCUT2D eigenvalue weighted by Gasteiger charge is 2.23. The Labute approximate surface area is 180 Å². The number of benzene rings is 3. The zero-order valence-electron chi connectivity index (χ0n) is 17.0. The third-order valence-corrected chi connectivity index (χ3v) is 5.26. The Balaban J connectivity index is 1.61. The van der Waals surface area contributed by atoms with E-state index in [1.54, 1.807) is 13.2 Å². The van der Waals surface area contributed by atoms with E-state index < -0.39 is 0 Å². The second-order valence-electron chi connectivity index (χ2n) is 7.23. The molecule has 0 spiro atoms. The molecule has 5 heteroatoms. The van der Waals surface area contributed by atoms with E-state index in [1.807, 2.05) is 89.8 Å². The second-order valence-corrected chi connectivity index (χ2v) is 7.23. The number of para-hydroxylation sites is 2. The molecule has 0 N–H and O–H groups in total. The first-order valence-electron chi connectivity index (χ1n) is 9.99. The van der Waals surface area contributed by atoms with Crippen molar-refractivity contribution in [1.29, 1.82) is 0 Å². The van der Waals surface area contributed by atoms with E-state index in [-0.39, 0.29) is 12.4 Å². The fourth-order valence-corrected chi connectivity index (χ4v) is 3.65. The van der Waals surface area contributed by atoms with Gasteiger partial charge < -0.3 is 9.47 Å². The highest BCUT2D eigenvalue weighted by molar-refractivity contribution is 6.14. The molecule has 0 unspecified atom stereocenters. The van der Waals surface area contributed by atoms with Crippen LogP contribution in [0.5, 0.6) is 11.5 Å². The van der Waals surface area contributed by atoms with Crippen LogP contribution in [0.1, 0.15) is 15.9 Å². The van der Waals surface area contributed by atoms with Gasteiger partial charge in [-0.1, -0.05) is 30.3 Å². The number of carbonyl (C=O) groups excluding carboxylic acids is 1. The van der Waals surface area contributed by atoms with Crippen LogP contribution in [0, 0.1) is 0 Å². The minimum absolute atomic E-state index is 0.0185. The van der Waals surface area contributed by atoms with Crippen LogP contribution in [0.15, 0.2) is 90.6 Å². The Morgan fingerprint density at radius 1 is 0.968 bits per heavy atom. The number of hydrogen-bond acceptors (Lipinski definition) is 4. The number of carbonyl (C=O) groups is 1. The molecule has 0 amide bonds. The van der Waals surface area contributed by atoms with Crippen molar-refractivity contribution in [2.24, 2.45) is 0 Å². The van der Waals surface area contributed by atoms with Gasteiger partial charge in [0.25, 0.3) is 0 Å². The Kier molecular flexibility index (Phi) is 4.84. The van der Waals surface area contributed by atoms with Crippen LogP contribution in [-0.4, -0.2) is 29.3 Å². The number of hydrogen-bond donors (Lipinski definition) is 0. The minimum Gasteiger partial charge on any atom is -0.497 e. The van der Waals surface area contributed by atoms with Crippen molar-refractivity contribution >= 4 is 11.9 Å². The summed E-state index contributed by atoms with van der Waals surface area (Å²) in [5.41, 5.74) is 4.69. The van der Waals surface area contributed by atoms with Crippen molar-refractivity contribution < 1.29 is 14.3 Å². The van der Waals surface area contributed by atoms with Gasteiger partial charge in [0.05, 0.1) is 24.1 Å². The number of nitrogens with zero attached hydrogens (tertiary/aromatic N) is 2. The van der Waals surface area contributed by atoms with E-state index in [0.29, 0.717) is 16.9 Å². The van der Waals surface area contributed by atoms with Crippen molar-refractivity contribution in [3.05, 3.63) is 102 Å². The zero-order chi connectivity index (χ0) is 21.2. The van der Waals surface area contributed by atoms with E-state index in [0.717, 1.165) is 28.3 Å². The number of methoxy groups -OCH3 is 1. The van der Waals surface area contributed by atoms with Gasteiger partial charge in [-0.05, 0) is 54.6 Å². The maximum absolute atomic E-state index is 13.0. The van der Waals surface area contributed by atoms with Crippen molar-refractivity contribution in [1.82, 2.24) is 9.78 Å². The average molecular weight is 408 g/mol. The van der Waals surface area contributed by atoms with E-state index >= 15 is 0 Å². The first-order chi connectivity index (χ1) is 15.2. The standard InChI is InChI=1S/C26H20N2O3/c1-30-22-13-11-18(12-14-22)25-19(16-28(27-25)21-7-3-2-4-8-21)15-20-17-31-24-10-6-5-9-23(24)26(20)29/h2-16H,17H2,1H3. The van der Waals surface area contributed by atoms with Gasteiger partial charge in [0.15, 0.2) is 5.78 Å². The summed E-state index contributed by atoms with van der Waals surface area (Å²) in [5.74, 6) is 1.38. The summed E-state index contributed by atoms with van der Waals surface area (Å²) in [6, 6.07) is 25.0. The maximum atomic E-state index is 13.0. The van der Waals surface area contributed by atoms with Crippen LogP contribution in [0.3, 0.4) is 0 Å². The summed E-state index contributed by atoms with van der Waals surface area (Å²) in [4.78, 5) is 13.0. The van der Waals surface area contributed by atoms with Gasteiger partial charge >= 0.3 is 0 Å². The summed E-state index contributed by atoms with van der Waals surface area (Å²) in [7, 11) is 1.64. The van der Waals surface area contributed by atoms with Crippen LogP contribution < -0.4 is 9.47 Å². The number of Topliss-reactive ketones (excluding diaryl/α,β-unsaturated/α-hetero) is 1. The molecule has 0 saturated carbocycles. The molecule has 2 heterocycles. The smallest absolute Gasteiger partial charge is 0.196 e. The molecule has 0 radical (unpaired) electrons. The Bertz CT molecular complexity index is 1270. The van der Waals surface area contributed by atoms with Gasteiger partial charge in [-0.2, -0.15) is 5.10 Å². The Morgan fingerprint density at radius 3 is 2.48 bits per heavy atom. The zero-order valence-corrected chi connectivity index (χ0v) is 17.0. The number of fused-ring (bicyclic) bond motifs is 1. The van der Waals surface area contributed by atoms with E-state index in [4.69, 9.17) is 14.6 Å². The molecule has 0 saturated heterocycles. The molecule has 152 valence electrons. The van der Waals surface area contributed by atoms with Gasteiger partial charge in [-0.25, -0.2) is 4.68 Å². The third kappa shape index (κ3) is 3.62. The molecule has 5 nitrogen and oxygen atoms in total. The molecule has 0 bridgehead atoms. The molecular weight excluding hydrogens is 388 g/mol. The SMILES string of the molecule is COc1ccc(-c2nn(-c3ccccc3)cc2C=C2COc3ccccc3C2=O)cc1. The fraction of sp³-hybridized carbons (Fsp3) is 0.0769. The number of rotatable bonds is 4. The van der Waals surface area contributed by atoms with Crippen molar-refractivity contribution in [2.45, 2.75) is 0 Å². The first-order valence-corrected chi connectivity index (χ1v) is 9.99. The monoisotopic (exact) mass is 408 g/mol. The van der Waals surface area contributed by atoms with Gasteiger partial charge in [0.1, 0.15) is 18.1 Å². The lowest BCUT2D eigenvalue weighted by Gasteiger charge is -2.18. The summed E-state index contributed by atoms with van der Waals surface area (Å²) in [6.07, 6.45) is 3.82. The molecular formula is C26H20N2O3. The quantitative estimate of drug-likeness (QED) is 0.435. The Hall–Kier alpha value is -4.12. The molecule has 0 aliphatic carbocycles. The van der Waals surface area contributed by atoms with Crippen molar-refractivity contribution in [3.63, 3.8) is 0 Å². The molecule has 1 aliphatic heterocycles. The van der Waals surface area contributed by atoms with Crippen molar-refractivity contribution in [3.8, 4) is 28.4 Å². The van der Waals surface area contributed by atoms with E-state index in [2.05, 4.69) is 0 Å². The molecule has 5 rings (SSSR count). The number of ether oxygens (including phenoxy) is 2. The highest BCUT2D eigenvalue weighted by atomic mass is 16.5. The average Bonchev–Trinajstić information content (AvgIpc) is 3.25.